The maximum Gasteiger partial charge on any atom is 0.190 e. The number of aromatic nitrogens is 2. The Hall–Kier alpha value is -0.620. The molecule has 0 aliphatic carbocycles. The largest absolute Gasteiger partial charge is 0.384 e. The molecule has 0 fully saturated rings. The minimum absolute atomic E-state index is 0.476. The molecule has 1 heterocycles. The summed E-state index contributed by atoms with van der Waals surface area (Å²) in [6.45, 7) is 0. The lowest BCUT2D eigenvalue weighted by atomic mass is 10.2. The number of rotatable bonds is 4. The van der Waals surface area contributed by atoms with Crippen LogP contribution in [0.1, 0.15) is 5.56 Å². The maximum atomic E-state index is 6.12. The predicted molar refractivity (Wildman–Crippen MR) is 84.2 cm³/mol. The van der Waals surface area contributed by atoms with Crippen molar-refractivity contribution in [3.8, 4) is 0 Å². The van der Waals surface area contributed by atoms with Gasteiger partial charge in [0.2, 0.25) is 0 Å². The molecule has 2 N–H and O–H groups in total. The lowest BCUT2D eigenvalue weighted by Crippen LogP contribution is -1.96. The molecule has 2 rings (SSSR count). The average molecular weight is 332 g/mol. The molecule has 0 bridgehead atoms. The number of hydrogen-bond acceptors (Lipinski definition) is 5. The molecule has 0 saturated heterocycles. The molecule has 0 aliphatic rings. The second-order valence-electron chi connectivity index (χ2n) is 3.64. The van der Waals surface area contributed by atoms with Crippen molar-refractivity contribution in [3.63, 3.8) is 0 Å². The van der Waals surface area contributed by atoms with Gasteiger partial charge in [0.05, 0.1) is 0 Å². The van der Waals surface area contributed by atoms with E-state index >= 15 is 0 Å². The number of hydrogen-bond donors (Lipinski definition) is 1. The second kappa shape index (κ2) is 6.70. The van der Waals surface area contributed by atoms with Crippen LogP contribution in [-0.4, -0.2) is 16.2 Å². The highest BCUT2D eigenvalue weighted by atomic mass is 35.5. The van der Waals surface area contributed by atoms with E-state index in [4.69, 9.17) is 28.9 Å². The fourth-order valence-corrected chi connectivity index (χ4v) is 3.27. The first kappa shape index (κ1) is 14.8. The Labute approximate surface area is 130 Å². The topological polar surface area (TPSA) is 51.8 Å². The van der Waals surface area contributed by atoms with Crippen molar-refractivity contribution < 1.29 is 0 Å². The van der Waals surface area contributed by atoms with Gasteiger partial charge in [-0.05, 0) is 24.0 Å². The van der Waals surface area contributed by atoms with Crippen LogP contribution >= 0.6 is 46.7 Å². The molecule has 19 heavy (non-hydrogen) atoms. The van der Waals surface area contributed by atoms with Crippen molar-refractivity contribution in [3.05, 3.63) is 39.9 Å². The third kappa shape index (κ3) is 4.18. The monoisotopic (exact) mass is 331 g/mol. The molecule has 0 saturated carbocycles. The number of halogens is 2. The van der Waals surface area contributed by atoms with Gasteiger partial charge in [0.15, 0.2) is 5.16 Å². The second-order valence-corrected chi connectivity index (χ2v) is 6.25. The third-order valence-electron chi connectivity index (χ3n) is 2.28. The smallest absolute Gasteiger partial charge is 0.190 e. The Morgan fingerprint density at radius 1 is 1.21 bits per heavy atom. The van der Waals surface area contributed by atoms with E-state index in [1.54, 1.807) is 12.1 Å². The van der Waals surface area contributed by atoms with E-state index in [-0.39, 0.29) is 0 Å². The molecular weight excluding hydrogens is 321 g/mol. The summed E-state index contributed by atoms with van der Waals surface area (Å²) >= 11 is 15.0. The number of nitrogens with zero attached hydrogens (tertiary/aromatic N) is 2. The van der Waals surface area contributed by atoms with Gasteiger partial charge in [0, 0.05) is 21.9 Å². The quantitative estimate of drug-likeness (QED) is 0.511. The van der Waals surface area contributed by atoms with Gasteiger partial charge in [-0.2, -0.15) is 0 Å². The standard InChI is InChI=1S/C12H11Cl2N3S2/c1-18-11-5-10(15)16-12(17-11)19-6-7-2-3-8(13)4-9(7)14/h2-5H,6H2,1H3,(H2,15,16,17). The number of anilines is 1. The van der Waals surface area contributed by atoms with Gasteiger partial charge in [-0.3, -0.25) is 0 Å². The van der Waals surface area contributed by atoms with Gasteiger partial charge >= 0.3 is 0 Å². The van der Waals surface area contributed by atoms with Crippen molar-refractivity contribution in [2.24, 2.45) is 0 Å². The lowest BCUT2D eigenvalue weighted by molar-refractivity contribution is 0.900. The van der Waals surface area contributed by atoms with E-state index in [2.05, 4.69) is 9.97 Å². The highest BCUT2D eigenvalue weighted by molar-refractivity contribution is 7.99. The van der Waals surface area contributed by atoms with Crippen LogP contribution in [-0.2, 0) is 5.75 Å². The van der Waals surface area contributed by atoms with Crippen LogP contribution in [0, 0.1) is 0 Å². The zero-order valence-corrected chi connectivity index (χ0v) is 13.2. The van der Waals surface area contributed by atoms with Gasteiger partial charge in [-0.1, -0.05) is 41.0 Å². The Kier molecular flexibility index (Phi) is 5.21. The lowest BCUT2D eigenvalue weighted by Gasteiger charge is -2.05. The predicted octanol–water partition coefficient (Wildman–Crippen LogP) is 4.38. The van der Waals surface area contributed by atoms with Crippen LogP contribution in [0.25, 0.3) is 0 Å². The molecule has 0 atom stereocenters. The molecule has 0 amide bonds. The van der Waals surface area contributed by atoms with Crippen molar-refractivity contribution in [2.75, 3.05) is 12.0 Å². The summed E-state index contributed by atoms with van der Waals surface area (Å²) in [5, 5.41) is 2.78. The van der Waals surface area contributed by atoms with Gasteiger partial charge in [-0.25, -0.2) is 9.97 Å². The van der Waals surface area contributed by atoms with Crippen LogP contribution in [0.2, 0.25) is 10.0 Å². The minimum atomic E-state index is 0.476. The Bertz CT molecular complexity index is 593. The summed E-state index contributed by atoms with van der Waals surface area (Å²) in [5.41, 5.74) is 6.73. The summed E-state index contributed by atoms with van der Waals surface area (Å²) in [7, 11) is 0. The van der Waals surface area contributed by atoms with E-state index in [0.717, 1.165) is 10.6 Å². The first-order valence-corrected chi connectivity index (χ1v) is 8.30. The molecule has 0 spiro atoms. The van der Waals surface area contributed by atoms with Gasteiger partial charge in [0.25, 0.3) is 0 Å². The Balaban J connectivity index is 2.12. The van der Waals surface area contributed by atoms with E-state index in [1.807, 2.05) is 18.4 Å². The molecule has 1 aromatic heterocycles. The Morgan fingerprint density at radius 3 is 2.68 bits per heavy atom. The third-order valence-corrected chi connectivity index (χ3v) is 4.39. The van der Waals surface area contributed by atoms with Crippen LogP contribution in [0.5, 0.6) is 0 Å². The molecule has 0 unspecified atom stereocenters. The first-order valence-electron chi connectivity index (χ1n) is 5.34. The zero-order valence-electron chi connectivity index (χ0n) is 10.1. The molecule has 0 aliphatic heterocycles. The molecule has 1 aromatic carbocycles. The average Bonchev–Trinajstić information content (AvgIpc) is 2.37. The summed E-state index contributed by atoms with van der Waals surface area (Å²) in [5.74, 6) is 1.15. The van der Waals surface area contributed by atoms with Crippen molar-refractivity contribution in [1.29, 1.82) is 0 Å². The molecule has 100 valence electrons. The van der Waals surface area contributed by atoms with E-state index in [1.165, 1.54) is 23.5 Å². The highest BCUT2D eigenvalue weighted by Gasteiger charge is 2.06. The van der Waals surface area contributed by atoms with Crippen molar-refractivity contribution >= 4 is 52.5 Å². The fraction of sp³-hybridized carbons (Fsp3) is 0.167. The molecule has 7 heteroatoms. The van der Waals surface area contributed by atoms with Gasteiger partial charge < -0.3 is 5.73 Å². The summed E-state index contributed by atoms with van der Waals surface area (Å²) in [4.78, 5) is 8.57. The van der Waals surface area contributed by atoms with E-state index in [0.29, 0.717) is 26.8 Å². The van der Waals surface area contributed by atoms with E-state index in [9.17, 15) is 0 Å². The van der Waals surface area contributed by atoms with Crippen molar-refractivity contribution in [1.82, 2.24) is 9.97 Å². The van der Waals surface area contributed by atoms with Crippen molar-refractivity contribution in [2.45, 2.75) is 15.9 Å². The van der Waals surface area contributed by atoms with Crippen LogP contribution < -0.4 is 5.73 Å². The molecule has 0 radical (unpaired) electrons. The highest BCUT2D eigenvalue weighted by Crippen LogP contribution is 2.28. The SMILES string of the molecule is CSc1cc(N)nc(SCc2ccc(Cl)cc2Cl)n1. The van der Waals surface area contributed by atoms with Crippen LogP contribution in [0.3, 0.4) is 0 Å². The van der Waals surface area contributed by atoms with E-state index < -0.39 is 0 Å². The van der Waals surface area contributed by atoms with Gasteiger partial charge in [0.1, 0.15) is 10.8 Å². The minimum Gasteiger partial charge on any atom is -0.384 e. The summed E-state index contributed by atoms with van der Waals surface area (Å²) in [6, 6.07) is 7.20. The maximum absolute atomic E-state index is 6.12. The van der Waals surface area contributed by atoms with Crippen LogP contribution in [0.4, 0.5) is 5.82 Å². The summed E-state index contributed by atoms with van der Waals surface area (Å²) in [6.07, 6.45) is 1.95. The number of thioether (sulfide) groups is 2. The number of nitrogens with two attached hydrogens (primary N) is 1. The Morgan fingerprint density at radius 2 is 2.00 bits per heavy atom. The normalized spacial score (nSPS) is 10.7. The zero-order chi connectivity index (χ0) is 13.8. The molecule has 3 nitrogen and oxygen atoms in total. The first-order chi connectivity index (χ1) is 9.08. The van der Waals surface area contributed by atoms with Gasteiger partial charge in [-0.15, -0.1) is 11.8 Å². The fourth-order valence-electron chi connectivity index (χ4n) is 1.37. The molecular formula is C12H11Cl2N3S2. The molecule has 2 aromatic rings. The number of benzene rings is 1. The number of nitrogen functional groups attached to an aromatic ring is 1. The summed E-state index contributed by atoms with van der Waals surface area (Å²) < 4.78 is 0. The van der Waals surface area contributed by atoms with Crippen LogP contribution in [0.15, 0.2) is 34.4 Å².